The molecule has 19 heavy (non-hydrogen) atoms. The van der Waals surface area contributed by atoms with Crippen LogP contribution in [0.2, 0.25) is 0 Å². The smallest absolute Gasteiger partial charge is 0.406 e. The number of carbonyl (C=O) groups is 1. The van der Waals surface area contributed by atoms with Gasteiger partial charge in [0.1, 0.15) is 5.75 Å². The molecule has 1 amide bonds. The van der Waals surface area contributed by atoms with Gasteiger partial charge in [-0.1, -0.05) is 0 Å². The number of hydrogen-bond acceptors (Lipinski definition) is 3. The molecular weight excluding hydrogens is 261 g/mol. The second kappa shape index (κ2) is 6.09. The first kappa shape index (κ1) is 14.8. The Bertz CT molecular complexity index is 477. The molecule has 4 nitrogen and oxygen atoms in total. The number of rotatable bonds is 4. The number of halogens is 3. The van der Waals surface area contributed by atoms with E-state index in [0.717, 1.165) is 12.1 Å². The fourth-order valence-corrected chi connectivity index (χ4v) is 1.20. The van der Waals surface area contributed by atoms with Crippen molar-refractivity contribution in [3.63, 3.8) is 0 Å². The van der Waals surface area contributed by atoms with Crippen molar-refractivity contribution in [3.8, 4) is 11.8 Å². The quantitative estimate of drug-likeness (QED) is 0.915. The zero-order valence-electron chi connectivity index (χ0n) is 9.99. The first-order valence-corrected chi connectivity index (χ1v) is 5.35. The molecule has 0 bridgehead atoms. The summed E-state index contributed by atoms with van der Waals surface area (Å²) in [5.74, 6) is -1.19. The molecule has 1 rings (SSSR count). The van der Waals surface area contributed by atoms with Gasteiger partial charge in [0.15, 0.2) is 0 Å². The van der Waals surface area contributed by atoms with Crippen LogP contribution in [0.5, 0.6) is 5.75 Å². The van der Waals surface area contributed by atoms with Crippen LogP contribution >= 0.6 is 0 Å². The number of nitriles is 1. The molecule has 0 saturated heterocycles. The van der Waals surface area contributed by atoms with Crippen LogP contribution in [-0.2, 0) is 0 Å². The van der Waals surface area contributed by atoms with Crippen LogP contribution < -0.4 is 10.1 Å². The maximum absolute atomic E-state index is 11.9. The third-order valence-electron chi connectivity index (χ3n) is 2.14. The van der Waals surface area contributed by atoms with E-state index < -0.39 is 18.0 Å². The second-order valence-electron chi connectivity index (χ2n) is 3.81. The number of benzene rings is 1. The lowest BCUT2D eigenvalue weighted by Crippen LogP contribution is -2.27. The summed E-state index contributed by atoms with van der Waals surface area (Å²) in [6.07, 6.45) is -4.76. The summed E-state index contributed by atoms with van der Waals surface area (Å²) in [5.41, 5.74) is 0.194. The van der Waals surface area contributed by atoms with Gasteiger partial charge in [-0.05, 0) is 31.2 Å². The Kier molecular flexibility index (Phi) is 4.75. The van der Waals surface area contributed by atoms with E-state index in [9.17, 15) is 18.0 Å². The highest BCUT2D eigenvalue weighted by Gasteiger charge is 2.31. The molecule has 0 fully saturated rings. The van der Waals surface area contributed by atoms with Crippen molar-refractivity contribution >= 4 is 5.91 Å². The van der Waals surface area contributed by atoms with Gasteiger partial charge in [0.05, 0.1) is 12.0 Å². The SMILES string of the molecule is CC(C#N)CNC(=O)c1ccc(OC(F)(F)F)cc1. The van der Waals surface area contributed by atoms with Crippen LogP contribution in [0.4, 0.5) is 13.2 Å². The van der Waals surface area contributed by atoms with Crippen LogP contribution in [0.1, 0.15) is 17.3 Å². The minimum atomic E-state index is -4.76. The van der Waals surface area contributed by atoms with Crippen molar-refractivity contribution in [1.82, 2.24) is 5.32 Å². The van der Waals surface area contributed by atoms with Crippen LogP contribution in [0.3, 0.4) is 0 Å². The number of alkyl halides is 3. The van der Waals surface area contributed by atoms with Crippen molar-refractivity contribution in [2.45, 2.75) is 13.3 Å². The topological polar surface area (TPSA) is 62.1 Å². The normalized spacial score (nSPS) is 12.4. The van der Waals surface area contributed by atoms with Crippen molar-refractivity contribution in [3.05, 3.63) is 29.8 Å². The summed E-state index contributed by atoms with van der Waals surface area (Å²) in [6, 6.07) is 6.48. The number of carbonyl (C=O) groups excluding carboxylic acids is 1. The van der Waals surface area contributed by atoms with E-state index in [2.05, 4.69) is 10.1 Å². The van der Waals surface area contributed by atoms with Crippen LogP contribution in [0.15, 0.2) is 24.3 Å². The van der Waals surface area contributed by atoms with E-state index >= 15 is 0 Å². The molecule has 0 radical (unpaired) electrons. The Balaban J connectivity index is 2.61. The first-order chi connectivity index (χ1) is 8.81. The van der Waals surface area contributed by atoms with Gasteiger partial charge in [-0.3, -0.25) is 4.79 Å². The van der Waals surface area contributed by atoms with Crippen LogP contribution in [0, 0.1) is 17.2 Å². The minimum absolute atomic E-state index is 0.177. The van der Waals surface area contributed by atoms with Gasteiger partial charge in [0.2, 0.25) is 0 Å². The number of amides is 1. The Morgan fingerprint density at radius 1 is 1.42 bits per heavy atom. The van der Waals surface area contributed by atoms with E-state index in [-0.39, 0.29) is 18.0 Å². The molecule has 0 aliphatic heterocycles. The summed E-state index contributed by atoms with van der Waals surface area (Å²) < 4.78 is 39.4. The van der Waals surface area contributed by atoms with E-state index in [4.69, 9.17) is 5.26 Å². The molecule has 0 aromatic heterocycles. The molecule has 102 valence electrons. The average molecular weight is 272 g/mol. The average Bonchev–Trinajstić information content (AvgIpc) is 2.34. The van der Waals surface area contributed by atoms with Gasteiger partial charge in [-0.25, -0.2) is 0 Å². The summed E-state index contributed by atoms with van der Waals surface area (Å²) >= 11 is 0. The molecule has 0 aliphatic carbocycles. The second-order valence-corrected chi connectivity index (χ2v) is 3.81. The molecule has 0 heterocycles. The molecule has 1 N–H and O–H groups in total. The summed E-state index contributed by atoms with van der Waals surface area (Å²) in [5, 5.41) is 11.0. The third-order valence-corrected chi connectivity index (χ3v) is 2.14. The van der Waals surface area contributed by atoms with Crippen molar-refractivity contribution < 1.29 is 22.7 Å². The number of nitrogens with one attached hydrogen (secondary N) is 1. The highest BCUT2D eigenvalue weighted by molar-refractivity contribution is 5.94. The molecular formula is C12H11F3N2O2. The Morgan fingerprint density at radius 2 is 2.00 bits per heavy atom. The maximum Gasteiger partial charge on any atom is 0.573 e. The van der Waals surface area contributed by atoms with Gasteiger partial charge in [-0.2, -0.15) is 5.26 Å². The standard InChI is InChI=1S/C12H11F3N2O2/c1-8(6-16)7-17-11(18)9-2-4-10(5-3-9)19-12(13,14)15/h2-5,8H,7H2,1H3,(H,17,18). The molecule has 0 aliphatic rings. The largest absolute Gasteiger partial charge is 0.573 e. The molecule has 7 heteroatoms. The van der Waals surface area contributed by atoms with Crippen molar-refractivity contribution in [1.29, 1.82) is 5.26 Å². The monoisotopic (exact) mass is 272 g/mol. The van der Waals surface area contributed by atoms with E-state index in [1.54, 1.807) is 6.92 Å². The summed E-state index contributed by atoms with van der Waals surface area (Å²) in [7, 11) is 0. The lowest BCUT2D eigenvalue weighted by molar-refractivity contribution is -0.274. The molecule has 1 aromatic rings. The predicted molar refractivity (Wildman–Crippen MR) is 60.2 cm³/mol. The Labute approximate surface area is 107 Å². The molecule has 0 spiro atoms. The number of ether oxygens (including phenoxy) is 1. The first-order valence-electron chi connectivity index (χ1n) is 5.35. The van der Waals surface area contributed by atoms with Crippen molar-refractivity contribution in [2.24, 2.45) is 5.92 Å². The van der Waals surface area contributed by atoms with Crippen LogP contribution in [0.25, 0.3) is 0 Å². The fraction of sp³-hybridized carbons (Fsp3) is 0.333. The van der Waals surface area contributed by atoms with Gasteiger partial charge >= 0.3 is 6.36 Å². The van der Waals surface area contributed by atoms with E-state index in [1.165, 1.54) is 12.1 Å². The molecule has 1 atom stereocenters. The molecule has 1 aromatic carbocycles. The number of nitrogens with zero attached hydrogens (tertiary/aromatic N) is 1. The zero-order chi connectivity index (χ0) is 14.5. The molecule has 1 unspecified atom stereocenters. The minimum Gasteiger partial charge on any atom is -0.406 e. The van der Waals surface area contributed by atoms with Crippen LogP contribution in [-0.4, -0.2) is 18.8 Å². The number of hydrogen-bond donors (Lipinski definition) is 1. The molecule has 0 saturated carbocycles. The highest BCUT2D eigenvalue weighted by atomic mass is 19.4. The predicted octanol–water partition coefficient (Wildman–Crippen LogP) is 2.47. The van der Waals surface area contributed by atoms with Gasteiger partial charge < -0.3 is 10.1 Å². The lowest BCUT2D eigenvalue weighted by atomic mass is 10.2. The van der Waals surface area contributed by atoms with Gasteiger partial charge in [-0.15, -0.1) is 13.2 Å². The summed E-state index contributed by atoms with van der Waals surface area (Å²) in [4.78, 5) is 11.6. The lowest BCUT2D eigenvalue weighted by Gasteiger charge is -2.09. The van der Waals surface area contributed by atoms with E-state index in [1.807, 2.05) is 6.07 Å². The van der Waals surface area contributed by atoms with Gasteiger partial charge in [0.25, 0.3) is 5.91 Å². The van der Waals surface area contributed by atoms with Gasteiger partial charge in [0, 0.05) is 12.1 Å². The zero-order valence-corrected chi connectivity index (χ0v) is 9.99. The fourth-order valence-electron chi connectivity index (χ4n) is 1.20. The third kappa shape index (κ3) is 5.29. The Hall–Kier alpha value is -2.23. The van der Waals surface area contributed by atoms with E-state index in [0.29, 0.717) is 0 Å². The van der Waals surface area contributed by atoms with Crippen molar-refractivity contribution in [2.75, 3.05) is 6.54 Å². The summed E-state index contributed by atoms with van der Waals surface area (Å²) in [6.45, 7) is 1.82. The highest BCUT2D eigenvalue weighted by Crippen LogP contribution is 2.22. The Morgan fingerprint density at radius 3 is 2.47 bits per heavy atom. The maximum atomic E-state index is 11.9.